The molecule has 3 rings (SSSR count). The fourth-order valence-corrected chi connectivity index (χ4v) is 3.95. The number of methoxy groups -OCH3 is 1. The Morgan fingerprint density at radius 3 is 3.04 bits per heavy atom. The lowest BCUT2D eigenvalue weighted by Crippen LogP contribution is -2.32. The number of anilines is 1. The van der Waals surface area contributed by atoms with E-state index < -0.39 is 0 Å². The maximum absolute atomic E-state index is 12.3. The van der Waals surface area contributed by atoms with E-state index in [0.717, 1.165) is 19.4 Å². The van der Waals surface area contributed by atoms with Crippen LogP contribution in [0.1, 0.15) is 24.4 Å². The summed E-state index contributed by atoms with van der Waals surface area (Å²) in [5.74, 6) is 0.579. The molecule has 4 nitrogen and oxygen atoms in total. The third kappa shape index (κ3) is 3.86. The number of likely N-dealkylation sites (tertiary alicyclic amines) is 1. The van der Waals surface area contributed by atoms with E-state index in [0.29, 0.717) is 29.0 Å². The molecule has 23 heavy (non-hydrogen) atoms. The summed E-state index contributed by atoms with van der Waals surface area (Å²) in [5, 5.41) is 7.66. The molecule has 0 radical (unpaired) electrons. The molecule has 6 heteroatoms. The van der Waals surface area contributed by atoms with Crippen LogP contribution in [-0.4, -0.2) is 31.0 Å². The molecule has 0 aliphatic carbocycles. The minimum absolute atomic E-state index is 0.0200. The minimum atomic E-state index is -0.0200. The maximum atomic E-state index is 12.3. The molecule has 1 atom stereocenters. The zero-order valence-corrected chi connectivity index (χ0v) is 14.5. The van der Waals surface area contributed by atoms with Gasteiger partial charge in [-0.25, -0.2) is 0 Å². The average Bonchev–Trinajstić information content (AvgIpc) is 3.18. The Balaban J connectivity index is 1.62. The zero-order chi connectivity index (χ0) is 16.2. The lowest BCUT2D eigenvalue weighted by Gasteiger charge is -2.23. The van der Waals surface area contributed by atoms with Crippen molar-refractivity contribution in [3.05, 3.63) is 45.6 Å². The molecule has 1 saturated heterocycles. The van der Waals surface area contributed by atoms with Gasteiger partial charge in [-0.3, -0.25) is 9.69 Å². The van der Waals surface area contributed by atoms with Crippen molar-refractivity contribution in [2.24, 2.45) is 0 Å². The SMILES string of the molecule is COc1ccc(NC(=O)CN2CCC[C@@H]2c2ccsc2)cc1Cl. The highest BCUT2D eigenvalue weighted by molar-refractivity contribution is 7.07. The Labute approximate surface area is 145 Å². The second-order valence-corrected chi connectivity index (χ2v) is 6.77. The number of hydrogen-bond acceptors (Lipinski definition) is 4. The van der Waals surface area contributed by atoms with Gasteiger partial charge in [0, 0.05) is 11.7 Å². The molecule has 1 fully saturated rings. The van der Waals surface area contributed by atoms with Crippen LogP contribution in [-0.2, 0) is 4.79 Å². The third-order valence-corrected chi connectivity index (χ3v) is 5.07. The van der Waals surface area contributed by atoms with E-state index in [1.165, 1.54) is 5.56 Å². The number of thiophene rings is 1. The highest BCUT2D eigenvalue weighted by Crippen LogP contribution is 2.33. The van der Waals surface area contributed by atoms with Crippen LogP contribution in [0.5, 0.6) is 5.75 Å². The quantitative estimate of drug-likeness (QED) is 0.879. The van der Waals surface area contributed by atoms with Crippen LogP contribution in [0, 0.1) is 0 Å². The fourth-order valence-electron chi connectivity index (χ4n) is 2.99. The van der Waals surface area contributed by atoms with Crippen molar-refractivity contribution in [2.75, 3.05) is 25.5 Å². The van der Waals surface area contributed by atoms with Gasteiger partial charge in [-0.1, -0.05) is 11.6 Å². The Morgan fingerprint density at radius 2 is 2.35 bits per heavy atom. The first-order valence-corrected chi connectivity index (χ1v) is 8.89. The van der Waals surface area contributed by atoms with Crippen molar-refractivity contribution in [1.29, 1.82) is 0 Å². The summed E-state index contributed by atoms with van der Waals surface area (Å²) in [6.45, 7) is 1.35. The Kier molecular flexibility index (Phi) is 5.20. The minimum Gasteiger partial charge on any atom is -0.495 e. The Hall–Kier alpha value is -1.56. The Morgan fingerprint density at radius 1 is 1.48 bits per heavy atom. The van der Waals surface area contributed by atoms with Crippen molar-refractivity contribution in [2.45, 2.75) is 18.9 Å². The molecule has 1 aromatic carbocycles. The smallest absolute Gasteiger partial charge is 0.238 e. The average molecular weight is 351 g/mol. The number of carbonyl (C=O) groups is 1. The summed E-state index contributed by atoms with van der Waals surface area (Å²) in [6.07, 6.45) is 2.24. The van der Waals surface area contributed by atoms with Gasteiger partial charge in [-0.15, -0.1) is 0 Å². The first-order chi connectivity index (χ1) is 11.2. The van der Waals surface area contributed by atoms with Crippen molar-refractivity contribution in [3.63, 3.8) is 0 Å². The maximum Gasteiger partial charge on any atom is 0.238 e. The highest BCUT2D eigenvalue weighted by atomic mass is 35.5. The zero-order valence-electron chi connectivity index (χ0n) is 12.9. The van der Waals surface area contributed by atoms with Crippen molar-refractivity contribution < 1.29 is 9.53 Å². The number of ether oxygens (including phenoxy) is 1. The lowest BCUT2D eigenvalue weighted by atomic mass is 10.1. The number of amides is 1. The van der Waals surface area contributed by atoms with Gasteiger partial charge in [0.15, 0.2) is 0 Å². The van der Waals surface area contributed by atoms with Crippen LogP contribution < -0.4 is 10.1 Å². The van der Waals surface area contributed by atoms with E-state index in [-0.39, 0.29) is 5.91 Å². The van der Waals surface area contributed by atoms with Gasteiger partial charge in [-0.2, -0.15) is 11.3 Å². The van der Waals surface area contributed by atoms with Gasteiger partial charge in [0.1, 0.15) is 5.75 Å². The van der Waals surface area contributed by atoms with Crippen LogP contribution in [0.2, 0.25) is 5.02 Å². The van der Waals surface area contributed by atoms with E-state index in [1.54, 1.807) is 36.6 Å². The fraction of sp³-hybridized carbons (Fsp3) is 0.353. The van der Waals surface area contributed by atoms with Gasteiger partial charge >= 0.3 is 0 Å². The largest absolute Gasteiger partial charge is 0.495 e. The van der Waals surface area contributed by atoms with E-state index in [4.69, 9.17) is 16.3 Å². The molecule has 0 unspecified atom stereocenters. The molecular formula is C17H19ClN2O2S. The monoisotopic (exact) mass is 350 g/mol. The van der Waals surface area contributed by atoms with Crippen LogP contribution in [0.4, 0.5) is 5.69 Å². The molecule has 1 N–H and O–H groups in total. The topological polar surface area (TPSA) is 41.6 Å². The second kappa shape index (κ2) is 7.34. The number of benzene rings is 1. The van der Waals surface area contributed by atoms with Gasteiger partial charge in [-0.05, 0) is 60.0 Å². The number of halogens is 1. The molecule has 122 valence electrons. The lowest BCUT2D eigenvalue weighted by molar-refractivity contribution is -0.117. The standard InChI is InChI=1S/C17H19ClN2O2S/c1-22-16-5-4-13(9-14(16)18)19-17(21)10-20-7-2-3-15(20)12-6-8-23-11-12/h4-6,8-9,11,15H,2-3,7,10H2,1H3,(H,19,21)/t15-/m1/s1. The molecular weight excluding hydrogens is 332 g/mol. The summed E-state index contributed by atoms with van der Waals surface area (Å²) in [4.78, 5) is 14.6. The van der Waals surface area contributed by atoms with Gasteiger partial charge in [0.2, 0.25) is 5.91 Å². The predicted octanol–water partition coefficient (Wildman–Crippen LogP) is 4.19. The summed E-state index contributed by atoms with van der Waals surface area (Å²) < 4.78 is 5.12. The third-order valence-electron chi connectivity index (χ3n) is 4.07. The van der Waals surface area contributed by atoms with Gasteiger partial charge in [0.05, 0.1) is 18.7 Å². The number of rotatable bonds is 5. The normalized spacial score (nSPS) is 18.1. The summed E-state index contributed by atoms with van der Waals surface area (Å²) >= 11 is 7.79. The van der Waals surface area contributed by atoms with Crippen LogP contribution in [0.25, 0.3) is 0 Å². The molecule has 0 spiro atoms. The molecule has 1 aromatic heterocycles. The van der Waals surface area contributed by atoms with Gasteiger partial charge < -0.3 is 10.1 Å². The van der Waals surface area contributed by atoms with Crippen molar-refractivity contribution in [1.82, 2.24) is 4.90 Å². The molecule has 2 aromatic rings. The van der Waals surface area contributed by atoms with Crippen LogP contribution in [0.15, 0.2) is 35.0 Å². The number of nitrogens with one attached hydrogen (secondary N) is 1. The first kappa shape index (κ1) is 16.3. The summed E-state index contributed by atoms with van der Waals surface area (Å²) in [7, 11) is 1.57. The highest BCUT2D eigenvalue weighted by Gasteiger charge is 2.27. The number of nitrogens with zero attached hydrogens (tertiary/aromatic N) is 1. The molecule has 2 heterocycles. The molecule has 1 amide bonds. The second-order valence-electron chi connectivity index (χ2n) is 5.58. The molecule has 1 aliphatic heterocycles. The summed E-state index contributed by atoms with van der Waals surface area (Å²) in [5.41, 5.74) is 2.00. The van der Waals surface area contributed by atoms with Crippen LogP contribution in [0.3, 0.4) is 0 Å². The first-order valence-electron chi connectivity index (χ1n) is 7.57. The van der Waals surface area contributed by atoms with E-state index >= 15 is 0 Å². The molecule has 0 saturated carbocycles. The van der Waals surface area contributed by atoms with E-state index in [2.05, 4.69) is 27.0 Å². The number of hydrogen-bond donors (Lipinski definition) is 1. The summed E-state index contributed by atoms with van der Waals surface area (Å²) in [6, 6.07) is 7.75. The molecule has 1 aliphatic rings. The van der Waals surface area contributed by atoms with E-state index in [1.807, 2.05) is 0 Å². The van der Waals surface area contributed by atoms with E-state index in [9.17, 15) is 4.79 Å². The Bertz CT molecular complexity index is 675. The predicted molar refractivity (Wildman–Crippen MR) is 94.5 cm³/mol. The number of carbonyl (C=O) groups excluding carboxylic acids is 1. The van der Waals surface area contributed by atoms with Crippen molar-refractivity contribution >= 4 is 34.5 Å². The molecule has 0 bridgehead atoms. The van der Waals surface area contributed by atoms with Crippen LogP contribution >= 0.6 is 22.9 Å². The van der Waals surface area contributed by atoms with Gasteiger partial charge in [0.25, 0.3) is 0 Å². The van der Waals surface area contributed by atoms with Crippen molar-refractivity contribution in [3.8, 4) is 5.75 Å².